The summed E-state index contributed by atoms with van der Waals surface area (Å²) < 4.78 is 7.44. The summed E-state index contributed by atoms with van der Waals surface area (Å²) in [6.07, 6.45) is 4.39. The molecule has 1 amide bonds. The van der Waals surface area contributed by atoms with E-state index >= 15 is 0 Å². The zero-order chi connectivity index (χ0) is 21.0. The van der Waals surface area contributed by atoms with Crippen molar-refractivity contribution in [1.82, 2.24) is 14.7 Å². The molecule has 29 heavy (non-hydrogen) atoms. The van der Waals surface area contributed by atoms with Crippen LogP contribution < -0.4 is 4.74 Å². The highest BCUT2D eigenvalue weighted by atomic mass is 16.5. The second-order valence-electron chi connectivity index (χ2n) is 8.66. The largest absolute Gasteiger partial charge is 0.497 e. The van der Waals surface area contributed by atoms with E-state index in [4.69, 9.17) is 9.84 Å². The predicted molar refractivity (Wildman–Crippen MR) is 116 cm³/mol. The number of carbonyl (C=O) groups is 1. The molecule has 5 nitrogen and oxygen atoms in total. The van der Waals surface area contributed by atoms with E-state index in [0.717, 1.165) is 50.2 Å². The van der Waals surface area contributed by atoms with Gasteiger partial charge >= 0.3 is 0 Å². The van der Waals surface area contributed by atoms with Crippen LogP contribution in [0.5, 0.6) is 5.75 Å². The Morgan fingerprint density at radius 1 is 1.31 bits per heavy atom. The fourth-order valence-electron chi connectivity index (χ4n) is 4.44. The first-order chi connectivity index (χ1) is 13.9. The number of methoxy groups -OCH3 is 1. The normalized spacial score (nSPS) is 16.6. The van der Waals surface area contributed by atoms with Gasteiger partial charge in [-0.05, 0) is 68.7 Å². The minimum atomic E-state index is 0.269. The first kappa shape index (κ1) is 21.4. The van der Waals surface area contributed by atoms with Crippen LogP contribution in [-0.2, 0) is 24.2 Å². The summed E-state index contributed by atoms with van der Waals surface area (Å²) in [5.74, 6) is 1.71. The number of nitrogens with zero attached hydrogens (tertiary/aromatic N) is 3. The van der Waals surface area contributed by atoms with Crippen molar-refractivity contribution >= 4 is 5.91 Å². The Hall–Kier alpha value is -2.30. The number of hydrogen-bond acceptors (Lipinski definition) is 3. The molecule has 0 aliphatic carbocycles. The van der Waals surface area contributed by atoms with E-state index in [2.05, 4.69) is 49.4 Å². The van der Waals surface area contributed by atoms with Crippen molar-refractivity contribution in [1.29, 1.82) is 0 Å². The van der Waals surface area contributed by atoms with Gasteiger partial charge in [-0.25, -0.2) is 0 Å². The molecule has 0 bridgehead atoms. The lowest BCUT2D eigenvalue weighted by Gasteiger charge is -2.25. The number of aromatic nitrogens is 2. The first-order valence-corrected chi connectivity index (χ1v) is 10.8. The van der Waals surface area contributed by atoms with Crippen molar-refractivity contribution in [3.05, 3.63) is 46.8 Å². The number of benzene rings is 1. The smallest absolute Gasteiger partial charge is 0.223 e. The van der Waals surface area contributed by atoms with E-state index in [1.165, 1.54) is 16.8 Å². The minimum absolute atomic E-state index is 0.269. The van der Waals surface area contributed by atoms with Crippen molar-refractivity contribution in [2.24, 2.45) is 5.92 Å². The molecule has 1 aliphatic rings. The third-order valence-corrected chi connectivity index (χ3v) is 5.96. The van der Waals surface area contributed by atoms with Crippen LogP contribution in [0.2, 0.25) is 0 Å². The average molecular weight is 398 g/mol. The molecule has 1 saturated heterocycles. The van der Waals surface area contributed by atoms with E-state index in [-0.39, 0.29) is 5.91 Å². The third-order valence-electron chi connectivity index (χ3n) is 5.96. The van der Waals surface area contributed by atoms with Crippen molar-refractivity contribution < 1.29 is 9.53 Å². The van der Waals surface area contributed by atoms with E-state index in [0.29, 0.717) is 18.4 Å². The van der Waals surface area contributed by atoms with Crippen LogP contribution in [0, 0.1) is 19.8 Å². The Morgan fingerprint density at radius 2 is 2.10 bits per heavy atom. The Bertz CT molecular complexity index is 841. The molecule has 1 unspecified atom stereocenters. The SMILES string of the molecule is COc1cccc(CC2CCCN2C(=O)CCc2c(C)nn(CC(C)C)c2C)c1. The minimum Gasteiger partial charge on any atom is -0.497 e. The van der Waals surface area contributed by atoms with Gasteiger partial charge in [0.1, 0.15) is 5.75 Å². The van der Waals surface area contributed by atoms with Crippen molar-refractivity contribution in [3.8, 4) is 5.75 Å². The summed E-state index contributed by atoms with van der Waals surface area (Å²) in [6.45, 7) is 10.4. The quantitative estimate of drug-likeness (QED) is 0.666. The van der Waals surface area contributed by atoms with Gasteiger partial charge in [0.15, 0.2) is 0 Å². The molecule has 1 aromatic heterocycles. The molecule has 1 atom stereocenters. The monoisotopic (exact) mass is 397 g/mol. The van der Waals surface area contributed by atoms with Crippen LogP contribution in [0.15, 0.2) is 24.3 Å². The third kappa shape index (κ3) is 5.20. The standard InChI is InChI=1S/C24H35N3O2/c1-17(2)16-27-19(4)23(18(3)25-27)11-12-24(28)26-13-7-9-21(26)14-20-8-6-10-22(15-20)29-5/h6,8,10,15,17,21H,7,9,11-14,16H2,1-5H3. The molecule has 2 aromatic rings. The maximum absolute atomic E-state index is 13.0. The summed E-state index contributed by atoms with van der Waals surface area (Å²) in [4.78, 5) is 15.1. The maximum Gasteiger partial charge on any atom is 0.223 e. The van der Waals surface area contributed by atoms with Crippen LogP contribution in [0.25, 0.3) is 0 Å². The number of rotatable bonds is 8. The van der Waals surface area contributed by atoms with Crippen molar-refractivity contribution in [2.45, 2.75) is 72.4 Å². The Labute approximate surface area is 175 Å². The van der Waals surface area contributed by atoms with Gasteiger partial charge in [0, 0.05) is 31.2 Å². The van der Waals surface area contributed by atoms with Gasteiger partial charge < -0.3 is 9.64 Å². The van der Waals surface area contributed by atoms with Crippen LogP contribution in [0.4, 0.5) is 0 Å². The molecule has 1 aliphatic heterocycles. The molecule has 1 fully saturated rings. The van der Waals surface area contributed by atoms with E-state index in [9.17, 15) is 4.79 Å². The number of carbonyl (C=O) groups excluding carboxylic acids is 1. The molecule has 0 spiro atoms. The van der Waals surface area contributed by atoms with Gasteiger partial charge in [0.2, 0.25) is 5.91 Å². The average Bonchev–Trinajstić information content (AvgIpc) is 3.24. The molecule has 5 heteroatoms. The van der Waals surface area contributed by atoms with Crippen LogP contribution in [-0.4, -0.2) is 40.3 Å². The molecule has 3 rings (SSSR count). The molecule has 0 radical (unpaired) electrons. The van der Waals surface area contributed by atoms with Gasteiger partial charge in [-0.2, -0.15) is 5.10 Å². The highest BCUT2D eigenvalue weighted by molar-refractivity contribution is 5.77. The van der Waals surface area contributed by atoms with Gasteiger partial charge in [-0.3, -0.25) is 9.48 Å². The maximum atomic E-state index is 13.0. The highest BCUT2D eigenvalue weighted by Crippen LogP contribution is 2.25. The Morgan fingerprint density at radius 3 is 2.83 bits per heavy atom. The summed E-state index contributed by atoms with van der Waals surface area (Å²) in [5.41, 5.74) is 4.74. The van der Waals surface area contributed by atoms with Crippen LogP contribution >= 0.6 is 0 Å². The zero-order valence-electron chi connectivity index (χ0n) is 18.6. The number of ether oxygens (including phenoxy) is 1. The van der Waals surface area contributed by atoms with Crippen LogP contribution in [0.3, 0.4) is 0 Å². The second kappa shape index (κ2) is 9.47. The molecule has 2 heterocycles. The summed E-state index contributed by atoms with van der Waals surface area (Å²) in [5, 5.41) is 4.69. The van der Waals surface area contributed by atoms with E-state index < -0.39 is 0 Å². The molecular formula is C24H35N3O2. The Kier molecular flexibility index (Phi) is 6.99. The number of hydrogen-bond donors (Lipinski definition) is 0. The second-order valence-corrected chi connectivity index (χ2v) is 8.66. The van der Waals surface area contributed by atoms with Crippen LogP contribution in [0.1, 0.15) is 55.6 Å². The first-order valence-electron chi connectivity index (χ1n) is 10.8. The number of aryl methyl sites for hydroxylation is 1. The number of likely N-dealkylation sites (tertiary alicyclic amines) is 1. The Balaban J connectivity index is 1.62. The van der Waals surface area contributed by atoms with E-state index in [1.807, 2.05) is 12.1 Å². The summed E-state index contributed by atoms with van der Waals surface area (Å²) in [6, 6.07) is 8.48. The fraction of sp³-hybridized carbons (Fsp3) is 0.583. The summed E-state index contributed by atoms with van der Waals surface area (Å²) in [7, 11) is 1.69. The lowest BCUT2D eigenvalue weighted by Crippen LogP contribution is -2.37. The van der Waals surface area contributed by atoms with Crippen molar-refractivity contribution in [2.75, 3.05) is 13.7 Å². The lowest BCUT2D eigenvalue weighted by atomic mass is 10.0. The van der Waals surface area contributed by atoms with Gasteiger partial charge in [0.25, 0.3) is 0 Å². The van der Waals surface area contributed by atoms with Crippen molar-refractivity contribution in [3.63, 3.8) is 0 Å². The predicted octanol–water partition coefficient (Wildman–Crippen LogP) is 4.33. The number of amides is 1. The molecule has 158 valence electrons. The fourth-order valence-corrected chi connectivity index (χ4v) is 4.44. The van der Waals surface area contributed by atoms with Gasteiger partial charge in [-0.15, -0.1) is 0 Å². The molecule has 0 saturated carbocycles. The molecule has 1 aromatic carbocycles. The van der Waals surface area contributed by atoms with Gasteiger partial charge in [-0.1, -0.05) is 26.0 Å². The zero-order valence-corrected chi connectivity index (χ0v) is 18.6. The van der Waals surface area contributed by atoms with E-state index in [1.54, 1.807) is 7.11 Å². The lowest BCUT2D eigenvalue weighted by molar-refractivity contribution is -0.131. The molecular weight excluding hydrogens is 362 g/mol. The summed E-state index contributed by atoms with van der Waals surface area (Å²) >= 11 is 0. The topological polar surface area (TPSA) is 47.4 Å². The van der Waals surface area contributed by atoms with Gasteiger partial charge in [0.05, 0.1) is 12.8 Å². The highest BCUT2D eigenvalue weighted by Gasteiger charge is 2.29. The molecule has 0 N–H and O–H groups in total.